The second-order valence-corrected chi connectivity index (χ2v) is 10.6. The predicted molar refractivity (Wildman–Crippen MR) is 139 cm³/mol. The molecule has 0 fully saturated rings. The first-order chi connectivity index (χ1) is 16.4. The molecule has 8 nitrogen and oxygen atoms in total. The number of nitrogens with zero attached hydrogens (tertiary/aromatic N) is 1. The summed E-state index contributed by atoms with van der Waals surface area (Å²) in [6.45, 7) is 11.8. The minimum absolute atomic E-state index is 0.0313. The Balaban J connectivity index is 2.52. The van der Waals surface area contributed by atoms with Gasteiger partial charge < -0.3 is 20.7 Å². The third-order valence-electron chi connectivity index (χ3n) is 6.02. The highest BCUT2D eigenvalue weighted by Crippen LogP contribution is 2.21. The molecular formula is C27H42N4O4. The zero-order valence-corrected chi connectivity index (χ0v) is 22.3. The lowest BCUT2D eigenvalue weighted by Gasteiger charge is -2.34. The number of hydrogen-bond donors (Lipinski definition) is 3. The molecule has 1 aromatic rings. The van der Waals surface area contributed by atoms with Gasteiger partial charge in [-0.1, -0.05) is 53.7 Å². The normalized spacial score (nSPS) is 22.1. The Kier molecular flexibility index (Phi) is 10.3. The predicted octanol–water partition coefficient (Wildman–Crippen LogP) is 2.79. The van der Waals surface area contributed by atoms with Crippen LogP contribution in [0.2, 0.25) is 0 Å². The average molecular weight is 487 g/mol. The van der Waals surface area contributed by atoms with Gasteiger partial charge in [-0.25, -0.2) is 0 Å². The third-order valence-corrected chi connectivity index (χ3v) is 6.02. The lowest BCUT2D eigenvalue weighted by Crippen LogP contribution is -2.62. The molecule has 194 valence electrons. The summed E-state index contributed by atoms with van der Waals surface area (Å²) < 4.78 is 6.29. The Morgan fingerprint density at radius 3 is 2.17 bits per heavy atom. The minimum atomic E-state index is -0.996. The van der Waals surface area contributed by atoms with Crippen LogP contribution in [0.3, 0.4) is 0 Å². The van der Waals surface area contributed by atoms with Crippen LogP contribution in [0.25, 0.3) is 6.08 Å². The van der Waals surface area contributed by atoms with Crippen LogP contribution in [0.5, 0.6) is 5.75 Å². The summed E-state index contributed by atoms with van der Waals surface area (Å²) in [4.78, 5) is 41.8. The molecular weight excluding hydrogens is 444 g/mol. The molecule has 2 heterocycles. The van der Waals surface area contributed by atoms with Crippen LogP contribution in [-0.4, -0.2) is 60.9 Å². The fourth-order valence-electron chi connectivity index (χ4n) is 4.36. The molecule has 0 radical (unpaired) electrons. The van der Waals surface area contributed by atoms with E-state index in [-0.39, 0.29) is 29.6 Å². The minimum Gasteiger partial charge on any atom is -0.487 e. The molecule has 1 aromatic carbocycles. The van der Waals surface area contributed by atoms with Crippen LogP contribution in [0.1, 0.15) is 53.5 Å². The number of amides is 3. The molecule has 2 aliphatic rings. The van der Waals surface area contributed by atoms with Gasteiger partial charge in [-0.05, 0) is 62.0 Å². The van der Waals surface area contributed by atoms with Crippen LogP contribution >= 0.6 is 0 Å². The van der Waals surface area contributed by atoms with Crippen LogP contribution in [0.15, 0.2) is 30.5 Å². The van der Waals surface area contributed by atoms with Crippen molar-refractivity contribution in [3.63, 3.8) is 0 Å². The fraction of sp³-hybridized carbons (Fsp3) is 0.593. The first-order valence-corrected chi connectivity index (χ1v) is 12.4. The highest BCUT2D eigenvalue weighted by molar-refractivity contribution is 5.94. The standard InChI is InChI=1S/C27H42N4O4/c1-16(2)15-21-25(32)28-14-13-19-9-11-20(12-10-19)35-24(18(5)6)22(26(33)29-21)30-27(34)23(17(3)4)31(7)8/h9-14,16-18,21-24H,15H2,1-8H3,(H,28,32)(H,29,33)(H,30,34)/t21-,22-,23-,24-/m0/s1. The van der Waals surface area contributed by atoms with E-state index in [0.717, 1.165) is 5.56 Å². The molecule has 3 rings (SSSR count). The van der Waals surface area contributed by atoms with E-state index in [4.69, 9.17) is 4.74 Å². The average Bonchev–Trinajstić information content (AvgIpc) is 2.75. The van der Waals surface area contributed by atoms with Crippen molar-refractivity contribution in [2.24, 2.45) is 17.8 Å². The van der Waals surface area contributed by atoms with E-state index >= 15 is 0 Å². The van der Waals surface area contributed by atoms with Gasteiger partial charge >= 0.3 is 0 Å². The topological polar surface area (TPSA) is 99.8 Å². The number of rotatable bonds is 7. The zero-order chi connectivity index (χ0) is 26.3. The van der Waals surface area contributed by atoms with Gasteiger partial charge in [-0.3, -0.25) is 19.3 Å². The monoisotopic (exact) mass is 486 g/mol. The molecule has 0 aliphatic carbocycles. The summed E-state index contributed by atoms with van der Waals surface area (Å²) in [5, 5.41) is 8.62. The van der Waals surface area contributed by atoms with Crippen LogP contribution in [-0.2, 0) is 14.4 Å². The number of nitrogens with one attached hydrogen (secondary N) is 3. The summed E-state index contributed by atoms with van der Waals surface area (Å²) in [7, 11) is 3.68. The largest absolute Gasteiger partial charge is 0.487 e. The van der Waals surface area contributed by atoms with Gasteiger partial charge in [-0.15, -0.1) is 0 Å². The first kappa shape index (κ1) is 28.4. The second kappa shape index (κ2) is 12.7. The number of ether oxygens (including phenoxy) is 1. The molecule has 2 aliphatic heterocycles. The molecule has 3 amide bonds. The van der Waals surface area contributed by atoms with E-state index in [0.29, 0.717) is 12.2 Å². The molecule has 0 saturated heterocycles. The Bertz CT molecular complexity index is 885. The van der Waals surface area contributed by atoms with Crippen molar-refractivity contribution in [3.05, 3.63) is 36.0 Å². The van der Waals surface area contributed by atoms with Gasteiger partial charge in [0.25, 0.3) is 0 Å². The van der Waals surface area contributed by atoms with Crippen molar-refractivity contribution in [2.45, 2.75) is 72.2 Å². The van der Waals surface area contributed by atoms with E-state index in [1.54, 1.807) is 12.3 Å². The van der Waals surface area contributed by atoms with Crippen LogP contribution < -0.4 is 20.7 Å². The molecule has 2 bridgehead atoms. The molecule has 3 N–H and O–H groups in total. The SMILES string of the molecule is CC(C)C[C@@H]1NC(=O)[C@@H](NC(=O)[C@H](C(C)C)N(C)C)[C@H](C(C)C)Oc2ccc(cc2)C=CNC1=O. The van der Waals surface area contributed by atoms with E-state index in [1.165, 1.54) is 0 Å². The van der Waals surface area contributed by atoms with E-state index in [2.05, 4.69) is 16.0 Å². The van der Waals surface area contributed by atoms with Crippen molar-refractivity contribution < 1.29 is 19.1 Å². The Morgan fingerprint density at radius 2 is 1.66 bits per heavy atom. The number of benzene rings is 1. The smallest absolute Gasteiger partial charge is 0.247 e. The number of fused-ring (bicyclic) bond motifs is 10. The van der Waals surface area contributed by atoms with E-state index in [1.807, 2.05) is 84.8 Å². The van der Waals surface area contributed by atoms with Gasteiger partial charge in [0.2, 0.25) is 17.7 Å². The van der Waals surface area contributed by atoms with Crippen molar-refractivity contribution >= 4 is 23.8 Å². The highest BCUT2D eigenvalue weighted by Gasteiger charge is 2.38. The van der Waals surface area contributed by atoms with Crippen molar-refractivity contribution in [2.75, 3.05) is 14.1 Å². The molecule has 0 spiro atoms. The number of carbonyl (C=O) groups excluding carboxylic acids is 3. The third kappa shape index (κ3) is 8.09. The Labute approximate surface area is 209 Å². The quantitative estimate of drug-likeness (QED) is 0.550. The zero-order valence-electron chi connectivity index (χ0n) is 22.3. The van der Waals surface area contributed by atoms with Gasteiger partial charge in [0.05, 0.1) is 6.04 Å². The van der Waals surface area contributed by atoms with Crippen molar-refractivity contribution in [1.29, 1.82) is 0 Å². The maximum absolute atomic E-state index is 13.7. The molecule has 35 heavy (non-hydrogen) atoms. The lowest BCUT2D eigenvalue weighted by molar-refractivity contribution is -0.136. The highest BCUT2D eigenvalue weighted by atomic mass is 16.5. The summed E-state index contributed by atoms with van der Waals surface area (Å²) in [5.41, 5.74) is 0.899. The number of hydrogen-bond acceptors (Lipinski definition) is 5. The van der Waals surface area contributed by atoms with Gasteiger partial charge in [0, 0.05) is 6.20 Å². The van der Waals surface area contributed by atoms with Crippen molar-refractivity contribution in [1.82, 2.24) is 20.9 Å². The van der Waals surface area contributed by atoms with Crippen LogP contribution in [0.4, 0.5) is 0 Å². The second-order valence-electron chi connectivity index (χ2n) is 10.6. The lowest BCUT2D eigenvalue weighted by atomic mass is 9.95. The molecule has 0 saturated carbocycles. The van der Waals surface area contributed by atoms with E-state index in [9.17, 15) is 14.4 Å². The number of carbonyl (C=O) groups is 3. The molecule has 0 aromatic heterocycles. The first-order valence-electron chi connectivity index (χ1n) is 12.4. The Morgan fingerprint density at radius 1 is 1.03 bits per heavy atom. The van der Waals surface area contributed by atoms with Crippen LogP contribution in [0, 0.1) is 17.8 Å². The van der Waals surface area contributed by atoms with Gasteiger partial charge in [0.15, 0.2) is 0 Å². The Hall–Kier alpha value is -2.87. The summed E-state index contributed by atoms with van der Waals surface area (Å²) >= 11 is 0. The number of likely N-dealkylation sites (N-methyl/N-ethyl adjacent to an activating group) is 1. The maximum atomic E-state index is 13.7. The molecule has 8 heteroatoms. The summed E-state index contributed by atoms with van der Waals surface area (Å²) in [5.74, 6) is -0.319. The summed E-state index contributed by atoms with van der Waals surface area (Å²) in [6.07, 6.45) is 3.17. The summed E-state index contributed by atoms with van der Waals surface area (Å²) in [6, 6.07) is 5.21. The molecule has 0 unspecified atom stereocenters. The van der Waals surface area contributed by atoms with Gasteiger partial charge in [-0.2, -0.15) is 0 Å². The fourth-order valence-corrected chi connectivity index (χ4v) is 4.36. The van der Waals surface area contributed by atoms with E-state index < -0.39 is 30.1 Å². The maximum Gasteiger partial charge on any atom is 0.247 e. The van der Waals surface area contributed by atoms with Crippen molar-refractivity contribution in [3.8, 4) is 5.75 Å². The van der Waals surface area contributed by atoms with Gasteiger partial charge in [0.1, 0.15) is 23.9 Å². The molecule has 4 atom stereocenters.